The second kappa shape index (κ2) is 6.69. The third-order valence-electron chi connectivity index (χ3n) is 3.10. The van der Waals surface area contributed by atoms with Gasteiger partial charge in [-0.1, -0.05) is 18.2 Å². The largest absolute Gasteiger partial charge is 0.492 e. The standard InChI is InChI=1S/C15H18N2O3S/c1-13-6-3-4-8-15(13)20-11-10-17(2)21(18,19)14-7-5-9-16-12-14/h3-9,12H,10-11H2,1-2H3. The first-order chi connectivity index (χ1) is 10.0. The summed E-state index contributed by atoms with van der Waals surface area (Å²) in [5.41, 5.74) is 1.02. The minimum Gasteiger partial charge on any atom is -0.492 e. The van der Waals surface area contributed by atoms with Gasteiger partial charge in [-0.25, -0.2) is 8.42 Å². The highest BCUT2D eigenvalue weighted by Gasteiger charge is 2.20. The summed E-state index contributed by atoms with van der Waals surface area (Å²) in [5.74, 6) is 0.768. The van der Waals surface area contributed by atoms with Gasteiger partial charge in [0.05, 0.1) is 0 Å². The third kappa shape index (κ3) is 3.80. The minimum absolute atomic E-state index is 0.184. The molecule has 0 bridgehead atoms. The molecule has 112 valence electrons. The Balaban J connectivity index is 1.96. The molecule has 1 aromatic carbocycles. The Morgan fingerprint density at radius 1 is 1.19 bits per heavy atom. The van der Waals surface area contributed by atoms with Gasteiger partial charge < -0.3 is 4.74 Å². The van der Waals surface area contributed by atoms with E-state index in [0.717, 1.165) is 11.3 Å². The zero-order valence-corrected chi connectivity index (χ0v) is 12.9. The van der Waals surface area contributed by atoms with Gasteiger partial charge in [-0.15, -0.1) is 0 Å². The number of para-hydroxylation sites is 1. The van der Waals surface area contributed by atoms with Crippen molar-refractivity contribution in [3.8, 4) is 5.75 Å². The van der Waals surface area contributed by atoms with Gasteiger partial charge >= 0.3 is 0 Å². The van der Waals surface area contributed by atoms with Crippen LogP contribution in [0.1, 0.15) is 5.56 Å². The molecule has 0 saturated carbocycles. The van der Waals surface area contributed by atoms with E-state index in [1.165, 1.54) is 23.6 Å². The number of aromatic nitrogens is 1. The van der Waals surface area contributed by atoms with Crippen LogP contribution in [0.25, 0.3) is 0 Å². The molecule has 6 heteroatoms. The Morgan fingerprint density at radius 3 is 2.62 bits per heavy atom. The molecular formula is C15H18N2O3S. The number of hydrogen-bond acceptors (Lipinski definition) is 4. The van der Waals surface area contributed by atoms with Gasteiger partial charge in [-0.05, 0) is 30.7 Å². The minimum atomic E-state index is -3.51. The Morgan fingerprint density at radius 2 is 1.95 bits per heavy atom. The average molecular weight is 306 g/mol. The monoisotopic (exact) mass is 306 g/mol. The fraction of sp³-hybridized carbons (Fsp3) is 0.267. The predicted octanol–water partition coefficient (Wildman–Crippen LogP) is 2.09. The number of sulfonamides is 1. The maximum Gasteiger partial charge on any atom is 0.244 e. The van der Waals surface area contributed by atoms with Crippen LogP contribution in [0, 0.1) is 6.92 Å². The van der Waals surface area contributed by atoms with Crippen LogP contribution >= 0.6 is 0 Å². The number of likely N-dealkylation sites (N-methyl/N-ethyl adjacent to an activating group) is 1. The molecule has 0 radical (unpaired) electrons. The molecule has 0 aliphatic carbocycles. The van der Waals surface area contributed by atoms with E-state index in [1.54, 1.807) is 12.3 Å². The molecule has 0 amide bonds. The van der Waals surface area contributed by atoms with Gasteiger partial charge in [0.15, 0.2) is 0 Å². The van der Waals surface area contributed by atoms with Gasteiger partial charge in [0.25, 0.3) is 0 Å². The molecule has 0 unspecified atom stereocenters. The number of aryl methyl sites for hydroxylation is 1. The highest BCUT2D eigenvalue weighted by Crippen LogP contribution is 2.16. The lowest BCUT2D eigenvalue weighted by Gasteiger charge is -2.17. The lowest BCUT2D eigenvalue weighted by atomic mass is 10.2. The number of hydrogen-bond donors (Lipinski definition) is 0. The van der Waals surface area contributed by atoms with Crippen molar-refractivity contribution in [1.82, 2.24) is 9.29 Å². The van der Waals surface area contributed by atoms with E-state index >= 15 is 0 Å². The smallest absolute Gasteiger partial charge is 0.244 e. The number of ether oxygens (including phenoxy) is 1. The fourth-order valence-corrected chi connectivity index (χ4v) is 2.92. The molecule has 1 heterocycles. The van der Waals surface area contributed by atoms with Crippen LogP contribution in [-0.2, 0) is 10.0 Å². The van der Waals surface area contributed by atoms with Gasteiger partial charge in [0.1, 0.15) is 17.3 Å². The molecule has 21 heavy (non-hydrogen) atoms. The maximum absolute atomic E-state index is 12.3. The lowest BCUT2D eigenvalue weighted by molar-refractivity contribution is 0.285. The Labute approximate surface area is 125 Å². The molecule has 0 atom stereocenters. The molecule has 2 aromatic rings. The summed E-state index contributed by atoms with van der Waals surface area (Å²) in [5, 5.41) is 0. The highest BCUT2D eigenvalue weighted by molar-refractivity contribution is 7.89. The molecule has 1 aromatic heterocycles. The van der Waals surface area contributed by atoms with Gasteiger partial charge in [-0.3, -0.25) is 4.98 Å². The second-order valence-electron chi connectivity index (χ2n) is 4.63. The summed E-state index contributed by atoms with van der Waals surface area (Å²) >= 11 is 0. The summed E-state index contributed by atoms with van der Waals surface area (Å²) in [4.78, 5) is 4.02. The molecule has 0 saturated heterocycles. The number of pyridine rings is 1. The van der Waals surface area contributed by atoms with Crippen LogP contribution in [0.5, 0.6) is 5.75 Å². The van der Waals surface area contributed by atoms with Crippen molar-refractivity contribution < 1.29 is 13.2 Å². The summed E-state index contributed by atoms with van der Waals surface area (Å²) in [6.07, 6.45) is 2.88. The van der Waals surface area contributed by atoms with E-state index in [1.807, 2.05) is 31.2 Å². The highest BCUT2D eigenvalue weighted by atomic mass is 32.2. The Kier molecular flexibility index (Phi) is 4.93. The molecule has 2 rings (SSSR count). The number of rotatable bonds is 6. The van der Waals surface area contributed by atoms with Crippen LogP contribution in [0.4, 0.5) is 0 Å². The van der Waals surface area contributed by atoms with E-state index in [9.17, 15) is 8.42 Å². The van der Waals surface area contributed by atoms with Gasteiger partial charge in [-0.2, -0.15) is 4.31 Å². The van der Waals surface area contributed by atoms with E-state index in [0.29, 0.717) is 6.61 Å². The van der Waals surface area contributed by atoms with Crippen molar-refractivity contribution in [2.24, 2.45) is 0 Å². The zero-order valence-electron chi connectivity index (χ0n) is 12.1. The van der Waals surface area contributed by atoms with E-state index in [2.05, 4.69) is 4.98 Å². The molecule has 0 fully saturated rings. The first-order valence-electron chi connectivity index (χ1n) is 6.56. The van der Waals surface area contributed by atoms with Crippen LogP contribution in [0.15, 0.2) is 53.7 Å². The second-order valence-corrected chi connectivity index (χ2v) is 6.67. The van der Waals surface area contributed by atoms with Crippen molar-refractivity contribution in [1.29, 1.82) is 0 Å². The Hall–Kier alpha value is -1.92. The Bertz CT molecular complexity index is 687. The van der Waals surface area contributed by atoms with Crippen LogP contribution in [0.3, 0.4) is 0 Å². The number of nitrogens with zero attached hydrogens (tertiary/aromatic N) is 2. The van der Waals surface area contributed by atoms with E-state index in [-0.39, 0.29) is 11.4 Å². The van der Waals surface area contributed by atoms with E-state index in [4.69, 9.17) is 4.74 Å². The predicted molar refractivity (Wildman–Crippen MR) is 80.7 cm³/mol. The first-order valence-corrected chi connectivity index (χ1v) is 8.00. The fourth-order valence-electron chi connectivity index (χ4n) is 1.80. The van der Waals surface area contributed by atoms with Crippen molar-refractivity contribution >= 4 is 10.0 Å². The van der Waals surface area contributed by atoms with Gasteiger partial charge in [0.2, 0.25) is 10.0 Å². The van der Waals surface area contributed by atoms with E-state index < -0.39 is 10.0 Å². The number of benzene rings is 1. The normalized spacial score (nSPS) is 11.6. The van der Waals surface area contributed by atoms with Gasteiger partial charge in [0, 0.05) is 26.0 Å². The molecule has 0 N–H and O–H groups in total. The van der Waals surface area contributed by atoms with Crippen molar-refractivity contribution in [3.05, 3.63) is 54.4 Å². The maximum atomic E-state index is 12.3. The van der Waals surface area contributed by atoms with Crippen LogP contribution < -0.4 is 4.74 Å². The van der Waals surface area contributed by atoms with Crippen molar-refractivity contribution in [2.45, 2.75) is 11.8 Å². The molecule has 0 aliphatic heterocycles. The quantitative estimate of drug-likeness (QED) is 0.820. The lowest BCUT2D eigenvalue weighted by Crippen LogP contribution is -2.31. The summed E-state index contributed by atoms with van der Waals surface area (Å²) in [6.45, 7) is 2.51. The first kappa shape index (κ1) is 15.5. The molecule has 0 aliphatic rings. The van der Waals surface area contributed by atoms with Crippen molar-refractivity contribution in [3.63, 3.8) is 0 Å². The van der Waals surface area contributed by atoms with Crippen LogP contribution in [-0.4, -0.2) is 37.9 Å². The zero-order chi connectivity index (χ0) is 15.3. The molecule has 5 nitrogen and oxygen atoms in total. The van der Waals surface area contributed by atoms with Crippen LogP contribution in [0.2, 0.25) is 0 Å². The van der Waals surface area contributed by atoms with Crippen molar-refractivity contribution in [2.75, 3.05) is 20.2 Å². The topological polar surface area (TPSA) is 59.5 Å². The summed E-state index contributed by atoms with van der Waals surface area (Å²) in [6, 6.07) is 10.8. The molecular weight excluding hydrogens is 288 g/mol. The summed E-state index contributed by atoms with van der Waals surface area (Å²) in [7, 11) is -1.98. The average Bonchev–Trinajstić information content (AvgIpc) is 2.50. The molecule has 0 spiro atoms. The summed E-state index contributed by atoms with van der Waals surface area (Å²) < 4.78 is 31.4. The SMILES string of the molecule is Cc1ccccc1OCCN(C)S(=O)(=O)c1cccnc1. The third-order valence-corrected chi connectivity index (χ3v) is 4.94.